The van der Waals surface area contributed by atoms with E-state index < -0.39 is 17.7 Å². The van der Waals surface area contributed by atoms with Gasteiger partial charge in [-0.25, -0.2) is 18.9 Å². The lowest BCUT2D eigenvalue weighted by Crippen LogP contribution is -2.28. The molecule has 8 nitrogen and oxygen atoms in total. The monoisotopic (exact) mass is 313 g/mol. The molecule has 0 aliphatic heterocycles. The third kappa shape index (κ3) is 3.72. The highest BCUT2D eigenvalue weighted by Gasteiger charge is 2.13. The summed E-state index contributed by atoms with van der Waals surface area (Å²) in [6.45, 7) is 0.334. The van der Waals surface area contributed by atoms with Gasteiger partial charge in [0.05, 0.1) is 24.5 Å². The van der Waals surface area contributed by atoms with Crippen LogP contribution in [0, 0.1) is 5.82 Å². The molecule has 2 aromatic rings. The Kier molecular flexibility index (Phi) is 4.43. The van der Waals surface area contributed by atoms with Crippen LogP contribution in [-0.2, 0) is 6.54 Å². The Morgan fingerprint density at radius 3 is 2.90 bits per heavy atom. The molecule has 0 saturated heterocycles. The standard InChI is InChI=1S/C11H9ClFN5O3/c12-9-7(3-6(13)4-15-9)10(19)14-1-2-18-5-8(11(20)21)16-17-18/h3-5H,1-2H2,(H,14,19)(H,20,21). The number of pyridine rings is 1. The molecular weight excluding hydrogens is 305 g/mol. The van der Waals surface area contributed by atoms with Crippen LogP contribution >= 0.6 is 11.6 Å². The second-order valence-corrected chi connectivity index (χ2v) is 4.28. The van der Waals surface area contributed by atoms with Gasteiger partial charge in [0.15, 0.2) is 5.69 Å². The molecule has 0 aromatic carbocycles. The van der Waals surface area contributed by atoms with Gasteiger partial charge in [0.25, 0.3) is 5.91 Å². The Balaban J connectivity index is 1.92. The largest absolute Gasteiger partial charge is 0.476 e. The summed E-state index contributed by atoms with van der Waals surface area (Å²) in [5.41, 5.74) is -0.278. The zero-order valence-electron chi connectivity index (χ0n) is 10.5. The topological polar surface area (TPSA) is 110 Å². The van der Waals surface area contributed by atoms with E-state index in [1.165, 1.54) is 10.9 Å². The average molecular weight is 314 g/mol. The van der Waals surface area contributed by atoms with E-state index in [0.717, 1.165) is 12.3 Å². The van der Waals surface area contributed by atoms with Crippen molar-refractivity contribution in [3.8, 4) is 0 Å². The first-order valence-electron chi connectivity index (χ1n) is 5.70. The van der Waals surface area contributed by atoms with Gasteiger partial charge in [0.2, 0.25) is 0 Å². The molecule has 0 atom stereocenters. The van der Waals surface area contributed by atoms with Gasteiger partial charge >= 0.3 is 5.97 Å². The number of hydrogen-bond acceptors (Lipinski definition) is 5. The van der Waals surface area contributed by atoms with E-state index in [-0.39, 0.29) is 29.5 Å². The van der Waals surface area contributed by atoms with E-state index >= 15 is 0 Å². The molecule has 0 spiro atoms. The van der Waals surface area contributed by atoms with Crippen LogP contribution in [0.15, 0.2) is 18.5 Å². The predicted octanol–water partition coefficient (Wildman–Crippen LogP) is 0.594. The second kappa shape index (κ2) is 6.27. The molecule has 0 saturated carbocycles. The van der Waals surface area contributed by atoms with Gasteiger partial charge in [-0.05, 0) is 6.07 Å². The molecule has 0 bridgehead atoms. The summed E-state index contributed by atoms with van der Waals surface area (Å²) >= 11 is 5.69. The number of nitrogens with one attached hydrogen (secondary N) is 1. The maximum absolute atomic E-state index is 13.0. The predicted molar refractivity (Wildman–Crippen MR) is 68.5 cm³/mol. The lowest BCUT2D eigenvalue weighted by Gasteiger charge is -2.06. The van der Waals surface area contributed by atoms with Crippen molar-refractivity contribution >= 4 is 23.5 Å². The summed E-state index contributed by atoms with van der Waals surface area (Å²) in [7, 11) is 0. The fraction of sp³-hybridized carbons (Fsp3) is 0.182. The Labute approximate surface area is 122 Å². The Bertz CT molecular complexity index is 690. The number of nitrogens with zero attached hydrogens (tertiary/aromatic N) is 4. The van der Waals surface area contributed by atoms with E-state index in [4.69, 9.17) is 16.7 Å². The smallest absolute Gasteiger partial charge is 0.358 e. The van der Waals surface area contributed by atoms with Crippen molar-refractivity contribution in [1.82, 2.24) is 25.3 Å². The first-order chi connectivity index (χ1) is 9.97. The summed E-state index contributed by atoms with van der Waals surface area (Å²) in [6, 6.07) is 0.975. The second-order valence-electron chi connectivity index (χ2n) is 3.92. The van der Waals surface area contributed by atoms with Gasteiger partial charge in [-0.2, -0.15) is 0 Å². The van der Waals surface area contributed by atoms with E-state index in [9.17, 15) is 14.0 Å². The number of aromatic nitrogens is 4. The number of carboxylic acids is 1. The fourth-order valence-corrected chi connectivity index (χ4v) is 1.66. The molecule has 21 heavy (non-hydrogen) atoms. The minimum absolute atomic E-state index is 0.0820. The first kappa shape index (κ1) is 14.9. The summed E-state index contributed by atoms with van der Waals surface area (Å²) in [4.78, 5) is 25.9. The number of halogens is 2. The Morgan fingerprint density at radius 1 is 1.48 bits per heavy atom. The number of amides is 1. The molecule has 2 aromatic heterocycles. The molecule has 2 heterocycles. The normalized spacial score (nSPS) is 10.4. The van der Waals surface area contributed by atoms with Crippen molar-refractivity contribution in [2.75, 3.05) is 6.54 Å². The van der Waals surface area contributed by atoms with Crippen LogP contribution < -0.4 is 5.32 Å². The first-order valence-corrected chi connectivity index (χ1v) is 6.08. The highest BCUT2D eigenvalue weighted by molar-refractivity contribution is 6.32. The third-order valence-electron chi connectivity index (χ3n) is 2.43. The molecule has 0 unspecified atom stereocenters. The number of hydrogen-bond donors (Lipinski definition) is 2. The van der Waals surface area contributed by atoms with Gasteiger partial charge in [0, 0.05) is 6.54 Å². The molecule has 0 aliphatic carbocycles. The average Bonchev–Trinajstić information content (AvgIpc) is 2.90. The van der Waals surface area contributed by atoms with Crippen LogP contribution in [0.1, 0.15) is 20.8 Å². The molecule has 2 rings (SSSR count). The van der Waals surface area contributed by atoms with Crippen molar-refractivity contribution in [2.24, 2.45) is 0 Å². The molecule has 0 fully saturated rings. The number of rotatable bonds is 5. The highest BCUT2D eigenvalue weighted by atomic mass is 35.5. The Hall–Kier alpha value is -2.55. The van der Waals surface area contributed by atoms with Crippen LogP contribution in [0.2, 0.25) is 5.15 Å². The summed E-state index contributed by atoms with van der Waals surface area (Å²) < 4.78 is 14.3. The van der Waals surface area contributed by atoms with Crippen molar-refractivity contribution in [3.05, 3.63) is 40.7 Å². The molecule has 0 radical (unpaired) electrons. The number of carbonyl (C=O) groups is 2. The summed E-state index contributed by atoms with van der Waals surface area (Å²) in [5, 5.41) is 18.0. The van der Waals surface area contributed by atoms with Crippen LogP contribution in [0.4, 0.5) is 4.39 Å². The molecule has 0 aliphatic rings. The molecule has 10 heteroatoms. The van der Waals surface area contributed by atoms with Crippen LogP contribution in [-0.4, -0.2) is 43.5 Å². The van der Waals surface area contributed by atoms with Crippen molar-refractivity contribution in [1.29, 1.82) is 0 Å². The van der Waals surface area contributed by atoms with Gasteiger partial charge in [0.1, 0.15) is 11.0 Å². The van der Waals surface area contributed by atoms with Crippen LogP contribution in [0.25, 0.3) is 0 Å². The van der Waals surface area contributed by atoms with Crippen LogP contribution in [0.5, 0.6) is 0 Å². The minimum atomic E-state index is -1.19. The number of aromatic carboxylic acids is 1. The quantitative estimate of drug-likeness (QED) is 0.782. The maximum Gasteiger partial charge on any atom is 0.358 e. The van der Waals surface area contributed by atoms with Crippen molar-refractivity contribution in [3.63, 3.8) is 0 Å². The van der Waals surface area contributed by atoms with E-state index in [0.29, 0.717) is 0 Å². The maximum atomic E-state index is 13.0. The number of carboxylic acid groups (broad SMARTS) is 1. The van der Waals surface area contributed by atoms with E-state index in [1.54, 1.807) is 0 Å². The molecule has 1 amide bonds. The SMILES string of the molecule is O=C(O)c1cn(CCNC(=O)c2cc(F)cnc2Cl)nn1. The lowest BCUT2D eigenvalue weighted by molar-refractivity contribution is 0.0690. The third-order valence-corrected chi connectivity index (χ3v) is 2.74. The minimum Gasteiger partial charge on any atom is -0.476 e. The van der Waals surface area contributed by atoms with Crippen molar-refractivity contribution in [2.45, 2.75) is 6.54 Å². The van der Waals surface area contributed by atoms with E-state index in [1.807, 2.05) is 0 Å². The molecule has 2 N–H and O–H groups in total. The zero-order chi connectivity index (χ0) is 15.4. The van der Waals surface area contributed by atoms with Gasteiger partial charge in [-0.1, -0.05) is 16.8 Å². The molecular formula is C11H9ClFN5O3. The lowest BCUT2D eigenvalue weighted by atomic mass is 10.2. The van der Waals surface area contributed by atoms with Crippen molar-refractivity contribution < 1.29 is 19.1 Å². The Morgan fingerprint density at radius 2 is 2.24 bits per heavy atom. The highest BCUT2D eigenvalue weighted by Crippen LogP contribution is 2.13. The van der Waals surface area contributed by atoms with Crippen LogP contribution in [0.3, 0.4) is 0 Å². The summed E-state index contributed by atoms with van der Waals surface area (Å²) in [5.74, 6) is -2.46. The van der Waals surface area contributed by atoms with E-state index in [2.05, 4.69) is 20.6 Å². The van der Waals surface area contributed by atoms with Gasteiger partial charge in [-0.3, -0.25) is 4.79 Å². The molecule has 110 valence electrons. The van der Waals surface area contributed by atoms with Gasteiger partial charge < -0.3 is 10.4 Å². The zero-order valence-corrected chi connectivity index (χ0v) is 11.2. The number of carbonyl (C=O) groups excluding carboxylic acids is 1. The fourth-order valence-electron chi connectivity index (χ4n) is 1.47. The summed E-state index contributed by atoms with van der Waals surface area (Å²) in [6.07, 6.45) is 2.13. The van der Waals surface area contributed by atoms with Gasteiger partial charge in [-0.15, -0.1) is 5.10 Å².